The number of ketones is 1. The first-order valence-electron chi connectivity index (χ1n) is 10.5. The number of aromatic nitrogens is 2. The number of carbonyl (C=O) groups is 2. The van der Waals surface area contributed by atoms with Crippen LogP contribution in [-0.2, 0) is 0 Å². The van der Waals surface area contributed by atoms with Crippen molar-refractivity contribution in [3.63, 3.8) is 0 Å². The molecule has 6 nitrogen and oxygen atoms in total. The highest BCUT2D eigenvalue weighted by atomic mass is 16.2. The van der Waals surface area contributed by atoms with Crippen molar-refractivity contribution in [2.45, 2.75) is 45.1 Å². The van der Waals surface area contributed by atoms with E-state index in [-0.39, 0.29) is 11.7 Å². The van der Waals surface area contributed by atoms with Gasteiger partial charge in [0.2, 0.25) is 5.78 Å². The van der Waals surface area contributed by atoms with E-state index in [4.69, 9.17) is 5.26 Å². The van der Waals surface area contributed by atoms with Gasteiger partial charge >= 0.3 is 0 Å². The molecule has 0 aliphatic heterocycles. The fraction of sp³-hybridized carbons (Fsp3) is 0.333. The summed E-state index contributed by atoms with van der Waals surface area (Å²) in [7, 11) is 0. The quantitative estimate of drug-likeness (QED) is 0.601. The normalized spacial score (nSPS) is 14.4. The van der Waals surface area contributed by atoms with Gasteiger partial charge in [0, 0.05) is 29.9 Å². The minimum Gasteiger partial charge on any atom is -0.336 e. The molecule has 0 N–H and O–H groups in total. The summed E-state index contributed by atoms with van der Waals surface area (Å²) in [6, 6.07) is 12.5. The summed E-state index contributed by atoms with van der Waals surface area (Å²) < 4.78 is 1.67. The molecule has 1 saturated carbocycles. The number of fused-ring (bicyclic) bond motifs is 1. The van der Waals surface area contributed by atoms with Crippen molar-refractivity contribution in [3.05, 3.63) is 71.2 Å². The van der Waals surface area contributed by atoms with Gasteiger partial charge in [0.1, 0.15) is 11.3 Å². The number of carbonyl (C=O) groups excluding carboxylic acids is 2. The van der Waals surface area contributed by atoms with E-state index in [0.717, 1.165) is 12.8 Å². The lowest BCUT2D eigenvalue weighted by atomic mass is 9.93. The summed E-state index contributed by atoms with van der Waals surface area (Å²) >= 11 is 0. The van der Waals surface area contributed by atoms with Gasteiger partial charge in [-0.2, -0.15) is 5.26 Å². The fourth-order valence-corrected chi connectivity index (χ4v) is 4.26. The first-order valence-corrected chi connectivity index (χ1v) is 10.5. The minimum absolute atomic E-state index is 0.0298. The van der Waals surface area contributed by atoms with Gasteiger partial charge in [0.05, 0.1) is 17.8 Å². The van der Waals surface area contributed by atoms with Gasteiger partial charge in [0.15, 0.2) is 0 Å². The van der Waals surface area contributed by atoms with Crippen LogP contribution < -0.4 is 0 Å². The van der Waals surface area contributed by atoms with Crippen LogP contribution in [0.4, 0.5) is 0 Å². The number of hydrogen-bond donors (Lipinski definition) is 0. The number of nitriles is 1. The van der Waals surface area contributed by atoms with Gasteiger partial charge < -0.3 is 4.90 Å². The Bertz CT molecular complexity index is 1120. The zero-order valence-electron chi connectivity index (χ0n) is 17.0. The largest absolute Gasteiger partial charge is 0.336 e. The molecule has 2 aromatic heterocycles. The van der Waals surface area contributed by atoms with Crippen LogP contribution in [0.15, 0.2) is 48.8 Å². The van der Waals surface area contributed by atoms with E-state index in [0.29, 0.717) is 40.6 Å². The molecule has 1 amide bonds. The SMILES string of the molecule is CCN(C(=O)c1ccc(C(=O)c2cnc3cc(C#N)ccn23)cc1)C1CCCCC1. The highest BCUT2D eigenvalue weighted by molar-refractivity contribution is 6.08. The summed E-state index contributed by atoms with van der Waals surface area (Å²) in [6.07, 6.45) is 8.93. The van der Waals surface area contributed by atoms with Gasteiger partial charge in [-0.1, -0.05) is 31.4 Å². The van der Waals surface area contributed by atoms with E-state index in [1.807, 2.05) is 11.8 Å². The maximum Gasteiger partial charge on any atom is 0.254 e. The zero-order valence-corrected chi connectivity index (χ0v) is 17.0. The Labute approximate surface area is 175 Å². The summed E-state index contributed by atoms with van der Waals surface area (Å²) in [5.41, 5.74) is 2.57. The molecule has 0 spiro atoms. The van der Waals surface area contributed by atoms with Crippen molar-refractivity contribution in [2.75, 3.05) is 6.54 Å². The molecule has 4 rings (SSSR count). The Morgan fingerprint density at radius 2 is 1.83 bits per heavy atom. The standard InChI is InChI=1S/C24H24N4O2/c1-2-27(20-6-4-3-5-7-20)24(30)19-10-8-18(9-11-19)23(29)21-16-26-22-14-17(15-25)12-13-28(21)22/h8-14,16,20H,2-7H2,1H3. The van der Waals surface area contributed by atoms with Crippen molar-refractivity contribution in [2.24, 2.45) is 0 Å². The predicted octanol–water partition coefficient (Wildman–Crippen LogP) is 4.23. The molecule has 1 aliphatic carbocycles. The summed E-state index contributed by atoms with van der Waals surface area (Å²) in [5.74, 6) is -0.145. The average Bonchev–Trinajstić information content (AvgIpc) is 3.23. The molecule has 1 fully saturated rings. The second-order valence-corrected chi connectivity index (χ2v) is 7.69. The number of nitrogens with zero attached hydrogens (tertiary/aromatic N) is 4. The summed E-state index contributed by atoms with van der Waals surface area (Å²) in [4.78, 5) is 32.2. The highest BCUT2D eigenvalue weighted by Crippen LogP contribution is 2.24. The number of hydrogen-bond acceptors (Lipinski definition) is 4. The Morgan fingerprint density at radius 1 is 1.13 bits per heavy atom. The molecule has 0 radical (unpaired) electrons. The molecule has 1 aromatic carbocycles. The molecule has 152 valence electrons. The lowest BCUT2D eigenvalue weighted by Crippen LogP contribution is -2.41. The molecular formula is C24H24N4O2. The van der Waals surface area contributed by atoms with E-state index in [1.165, 1.54) is 25.5 Å². The predicted molar refractivity (Wildman–Crippen MR) is 113 cm³/mol. The molecule has 0 saturated heterocycles. The molecule has 0 bridgehead atoms. The lowest BCUT2D eigenvalue weighted by molar-refractivity contribution is 0.0647. The second-order valence-electron chi connectivity index (χ2n) is 7.69. The van der Waals surface area contributed by atoms with Crippen LogP contribution in [0.25, 0.3) is 5.65 Å². The van der Waals surface area contributed by atoms with E-state index in [2.05, 4.69) is 11.1 Å². The van der Waals surface area contributed by atoms with E-state index < -0.39 is 0 Å². The van der Waals surface area contributed by atoms with Crippen LogP contribution in [0.3, 0.4) is 0 Å². The van der Waals surface area contributed by atoms with Crippen molar-refractivity contribution in [3.8, 4) is 6.07 Å². The number of rotatable bonds is 5. The Balaban J connectivity index is 1.55. The molecule has 6 heteroatoms. The maximum atomic E-state index is 13.0. The van der Waals surface area contributed by atoms with E-state index in [1.54, 1.807) is 47.0 Å². The number of imidazole rings is 1. The monoisotopic (exact) mass is 400 g/mol. The van der Waals surface area contributed by atoms with Crippen LogP contribution in [-0.4, -0.2) is 38.6 Å². The van der Waals surface area contributed by atoms with Crippen LogP contribution >= 0.6 is 0 Å². The van der Waals surface area contributed by atoms with Crippen LogP contribution in [0, 0.1) is 11.3 Å². The first kappa shape index (κ1) is 19.8. The third kappa shape index (κ3) is 3.71. The topological polar surface area (TPSA) is 78.5 Å². The number of pyridine rings is 1. The van der Waals surface area contributed by atoms with Gasteiger partial charge in [0.25, 0.3) is 5.91 Å². The van der Waals surface area contributed by atoms with E-state index >= 15 is 0 Å². The molecule has 0 unspecified atom stereocenters. The molecule has 1 aliphatic rings. The molecule has 0 atom stereocenters. The van der Waals surface area contributed by atoms with Crippen LogP contribution in [0.5, 0.6) is 0 Å². The Kier molecular flexibility index (Phi) is 5.62. The van der Waals surface area contributed by atoms with Crippen molar-refractivity contribution in [1.82, 2.24) is 14.3 Å². The highest BCUT2D eigenvalue weighted by Gasteiger charge is 2.25. The van der Waals surface area contributed by atoms with Crippen molar-refractivity contribution in [1.29, 1.82) is 5.26 Å². The molecule has 3 aromatic rings. The minimum atomic E-state index is -0.175. The third-order valence-corrected chi connectivity index (χ3v) is 5.89. The summed E-state index contributed by atoms with van der Waals surface area (Å²) in [5, 5.41) is 9.02. The smallest absolute Gasteiger partial charge is 0.254 e. The Hall–Kier alpha value is -3.46. The second kappa shape index (κ2) is 8.50. The van der Waals surface area contributed by atoms with Gasteiger partial charge in [-0.3, -0.25) is 14.0 Å². The summed E-state index contributed by atoms with van der Waals surface area (Å²) in [6.45, 7) is 2.71. The van der Waals surface area contributed by atoms with Crippen molar-refractivity contribution < 1.29 is 9.59 Å². The Morgan fingerprint density at radius 3 is 2.50 bits per heavy atom. The van der Waals surface area contributed by atoms with E-state index in [9.17, 15) is 9.59 Å². The van der Waals surface area contributed by atoms with Crippen LogP contribution in [0.2, 0.25) is 0 Å². The lowest BCUT2D eigenvalue weighted by Gasteiger charge is -2.33. The average molecular weight is 400 g/mol. The molecule has 2 heterocycles. The molecule has 30 heavy (non-hydrogen) atoms. The number of benzene rings is 1. The third-order valence-electron chi connectivity index (χ3n) is 5.89. The molecular weight excluding hydrogens is 376 g/mol. The van der Waals surface area contributed by atoms with Gasteiger partial charge in [-0.25, -0.2) is 4.98 Å². The van der Waals surface area contributed by atoms with Gasteiger partial charge in [-0.05, 0) is 44.0 Å². The maximum absolute atomic E-state index is 13.0. The van der Waals surface area contributed by atoms with Crippen molar-refractivity contribution >= 4 is 17.3 Å². The fourth-order valence-electron chi connectivity index (χ4n) is 4.26. The zero-order chi connectivity index (χ0) is 21.1. The first-order chi connectivity index (χ1) is 14.6. The number of amides is 1. The van der Waals surface area contributed by atoms with Crippen LogP contribution in [0.1, 0.15) is 71.0 Å². The van der Waals surface area contributed by atoms with Gasteiger partial charge in [-0.15, -0.1) is 0 Å².